The van der Waals surface area contributed by atoms with Gasteiger partial charge in [-0.15, -0.1) is 0 Å². The summed E-state index contributed by atoms with van der Waals surface area (Å²) >= 11 is 0. The van der Waals surface area contributed by atoms with E-state index in [2.05, 4.69) is 0 Å². The van der Waals surface area contributed by atoms with Crippen LogP contribution in [0.2, 0.25) is 0 Å². The summed E-state index contributed by atoms with van der Waals surface area (Å²) in [6.45, 7) is 5.57. The number of ketones is 1. The fourth-order valence-corrected chi connectivity index (χ4v) is 1.64. The number of carboxylic acid groups (broad SMARTS) is 2. The molecular weight excluding hydrogens is 212 g/mol. The number of carbonyl (C=O) groups excluding carboxylic acids is 1. The number of aliphatic carboxylic acids is 2. The number of hydrogen-bond donors (Lipinski definition) is 2. The third-order valence-corrected chi connectivity index (χ3v) is 2.43. The lowest BCUT2D eigenvalue weighted by Crippen LogP contribution is -2.36. The van der Waals surface area contributed by atoms with E-state index < -0.39 is 29.6 Å². The number of carbonyl (C=O) groups is 3. The van der Waals surface area contributed by atoms with Crippen molar-refractivity contribution in [2.24, 2.45) is 17.8 Å². The van der Waals surface area contributed by atoms with Crippen molar-refractivity contribution in [2.45, 2.75) is 33.6 Å². The lowest BCUT2D eigenvalue weighted by atomic mass is 9.85. The predicted octanol–water partition coefficient (Wildman–Crippen LogP) is 1.41. The molecule has 0 radical (unpaired) electrons. The fraction of sp³-hybridized carbons (Fsp3) is 0.727. The first-order valence-corrected chi connectivity index (χ1v) is 5.30. The van der Waals surface area contributed by atoms with E-state index in [1.54, 1.807) is 6.92 Å². The Bertz CT molecular complexity index is 268. The summed E-state index contributed by atoms with van der Waals surface area (Å²) in [7, 11) is 0. The van der Waals surface area contributed by atoms with Crippen LogP contribution in [-0.2, 0) is 14.4 Å². The molecule has 2 N–H and O–H groups in total. The molecule has 92 valence electrons. The zero-order chi connectivity index (χ0) is 12.9. The van der Waals surface area contributed by atoms with Crippen LogP contribution in [0.25, 0.3) is 0 Å². The highest BCUT2D eigenvalue weighted by atomic mass is 16.4. The molecule has 0 saturated carbocycles. The van der Waals surface area contributed by atoms with E-state index in [0.29, 0.717) is 12.8 Å². The van der Waals surface area contributed by atoms with Gasteiger partial charge in [0.15, 0.2) is 5.78 Å². The molecule has 0 aliphatic carbocycles. The summed E-state index contributed by atoms with van der Waals surface area (Å²) < 4.78 is 0. The average molecular weight is 230 g/mol. The van der Waals surface area contributed by atoms with Crippen molar-refractivity contribution in [1.82, 2.24) is 0 Å². The Hall–Kier alpha value is -1.39. The summed E-state index contributed by atoms with van der Waals surface area (Å²) in [6, 6.07) is 0. The zero-order valence-corrected chi connectivity index (χ0v) is 9.77. The molecule has 1 unspecified atom stereocenters. The standard InChI is InChI=1S/C11H18O5/c1-4-7(5-6(2)3)9(12)8(10(13)14)11(15)16/h6-8H,4-5H2,1-3H3,(H,13,14)(H,15,16). The smallest absolute Gasteiger partial charge is 0.325 e. The maximum absolute atomic E-state index is 11.7. The molecule has 0 saturated heterocycles. The summed E-state index contributed by atoms with van der Waals surface area (Å²) in [4.78, 5) is 33.1. The van der Waals surface area contributed by atoms with E-state index in [1.807, 2.05) is 13.8 Å². The number of carboxylic acids is 2. The van der Waals surface area contributed by atoms with Crippen LogP contribution in [0.4, 0.5) is 0 Å². The molecule has 16 heavy (non-hydrogen) atoms. The van der Waals surface area contributed by atoms with Crippen LogP contribution in [0, 0.1) is 17.8 Å². The van der Waals surface area contributed by atoms with Gasteiger partial charge in [-0.25, -0.2) is 0 Å². The van der Waals surface area contributed by atoms with Crippen LogP contribution in [0.3, 0.4) is 0 Å². The van der Waals surface area contributed by atoms with Crippen LogP contribution in [0.5, 0.6) is 0 Å². The minimum Gasteiger partial charge on any atom is -0.480 e. The van der Waals surface area contributed by atoms with Gasteiger partial charge in [-0.2, -0.15) is 0 Å². The molecule has 0 aliphatic rings. The van der Waals surface area contributed by atoms with Gasteiger partial charge in [-0.1, -0.05) is 20.8 Å². The minimum atomic E-state index is -1.93. The van der Waals surface area contributed by atoms with E-state index in [1.165, 1.54) is 0 Å². The van der Waals surface area contributed by atoms with Gasteiger partial charge in [0.05, 0.1) is 0 Å². The summed E-state index contributed by atoms with van der Waals surface area (Å²) in [5, 5.41) is 17.4. The predicted molar refractivity (Wildman–Crippen MR) is 57.0 cm³/mol. The molecule has 5 nitrogen and oxygen atoms in total. The van der Waals surface area contributed by atoms with E-state index >= 15 is 0 Å². The molecule has 0 spiro atoms. The van der Waals surface area contributed by atoms with Crippen LogP contribution >= 0.6 is 0 Å². The van der Waals surface area contributed by atoms with Gasteiger partial charge < -0.3 is 10.2 Å². The topological polar surface area (TPSA) is 91.7 Å². The van der Waals surface area contributed by atoms with Crippen LogP contribution in [-0.4, -0.2) is 27.9 Å². The quantitative estimate of drug-likeness (QED) is 0.645. The summed E-state index contributed by atoms with van der Waals surface area (Å²) in [6.07, 6.45) is 0.987. The maximum atomic E-state index is 11.7. The lowest BCUT2D eigenvalue weighted by molar-refractivity contribution is -0.159. The third-order valence-electron chi connectivity index (χ3n) is 2.43. The number of Topliss-reactive ketones (excluding diaryl/α,β-unsaturated/α-hetero) is 1. The number of rotatable bonds is 7. The average Bonchev–Trinajstić information content (AvgIpc) is 2.12. The second kappa shape index (κ2) is 6.25. The van der Waals surface area contributed by atoms with Crippen LogP contribution in [0.1, 0.15) is 33.6 Å². The maximum Gasteiger partial charge on any atom is 0.325 e. The second-order valence-electron chi connectivity index (χ2n) is 4.25. The normalized spacial score (nSPS) is 12.8. The molecule has 1 atom stereocenters. The van der Waals surface area contributed by atoms with E-state index in [4.69, 9.17) is 10.2 Å². The van der Waals surface area contributed by atoms with Crippen molar-refractivity contribution in [2.75, 3.05) is 0 Å². The van der Waals surface area contributed by atoms with Crippen molar-refractivity contribution in [1.29, 1.82) is 0 Å². The first-order valence-electron chi connectivity index (χ1n) is 5.30. The van der Waals surface area contributed by atoms with Crippen molar-refractivity contribution in [3.05, 3.63) is 0 Å². The molecular formula is C11H18O5. The van der Waals surface area contributed by atoms with E-state index in [-0.39, 0.29) is 5.92 Å². The Morgan fingerprint density at radius 1 is 1.06 bits per heavy atom. The number of hydrogen-bond acceptors (Lipinski definition) is 3. The van der Waals surface area contributed by atoms with Crippen LogP contribution < -0.4 is 0 Å². The molecule has 5 heteroatoms. The largest absolute Gasteiger partial charge is 0.480 e. The molecule has 0 aromatic heterocycles. The molecule has 0 fully saturated rings. The van der Waals surface area contributed by atoms with Gasteiger partial charge in [0, 0.05) is 5.92 Å². The molecule has 0 heterocycles. The molecule has 0 aromatic rings. The van der Waals surface area contributed by atoms with E-state index in [0.717, 1.165) is 0 Å². The molecule has 0 amide bonds. The monoisotopic (exact) mass is 230 g/mol. The Labute approximate surface area is 94.5 Å². The first-order chi connectivity index (χ1) is 7.31. The van der Waals surface area contributed by atoms with Gasteiger partial charge >= 0.3 is 11.9 Å². The highest BCUT2D eigenvalue weighted by molar-refractivity contribution is 6.14. The highest BCUT2D eigenvalue weighted by Crippen LogP contribution is 2.20. The summed E-state index contributed by atoms with van der Waals surface area (Å²) in [5.41, 5.74) is 0. The SMILES string of the molecule is CCC(CC(C)C)C(=O)C(C(=O)O)C(=O)O. The van der Waals surface area contributed by atoms with Gasteiger partial charge in [-0.3, -0.25) is 14.4 Å². The fourth-order valence-electron chi connectivity index (χ4n) is 1.64. The van der Waals surface area contributed by atoms with Crippen molar-refractivity contribution in [3.63, 3.8) is 0 Å². The molecule has 0 aliphatic heterocycles. The van der Waals surface area contributed by atoms with Gasteiger partial charge in [-0.05, 0) is 18.8 Å². The van der Waals surface area contributed by atoms with Crippen molar-refractivity contribution < 1.29 is 24.6 Å². The summed E-state index contributed by atoms with van der Waals surface area (Å²) in [5.74, 6) is -6.05. The minimum absolute atomic E-state index is 0.233. The lowest BCUT2D eigenvalue weighted by Gasteiger charge is -2.18. The second-order valence-corrected chi connectivity index (χ2v) is 4.25. The molecule has 0 aromatic carbocycles. The molecule has 0 bridgehead atoms. The highest BCUT2D eigenvalue weighted by Gasteiger charge is 2.37. The third kappa shape index (κ3) is 4.00. The van der Waals surface area contributed by atoms with E-state index in [9.17, 15) is 14.4 Å². The Morgan fingerprint density at radius 2 is 1.50 bits per heavy atom. The van der Waals surface area contributed by atoms with Gasteiger partial charge in [0.25, 0.3) is 0 Å². The van der Waals surface area contributed by atoms with Gasteiger partial charge in [0.1, 0.15) is 0 Å². The van der Waals surface area contributed by atoms with Gasteiger partial charge in [0.2, 0.25) is 5.92 Å². The Morgan fingerprint density at radius 3 is 1.75 bits per heavy atom. The van der Waals surface area contributed by atoms with Crippen molar-refractivity contribution in [3.8, 4) is 0 Å². The first kappa shape index (κ1) is 14.6. The Balaban J connectivity index is 4.82. The van der Waals surface area contributed by atoms with Crippen molar-refractivity contribution >= 4 is 17.7 Å². The Kier molecular flexibility index (Phi) is 5.71. The molecule has 0 rings (SSSR count). The van der Waals surface area contributed by atoms with Crippen LogP contribution in [0.15, 0.2) is 0 Å². The zero-order valence-electron chi connectivity index (χ0n) is 9.77.